The van der Waals surface area contributed by atoms with Gasteiger partial charge in [0.25, 0.3) is 0 Å². The molecule has 2 aromatic heterocycles. The summed E-state index contributed by atoms with van der Waals surface area (Å²) in [6.07, 6.45) is 3.58. The summed E-state index contributed by atoms with van der Waals surface area (Å²) in [6, 6.07) is 20.7. The van der Waals surface area contributed by atoms with E-state index < -0.39 is 10.0 Å². The Hall–Kier alpha value is -3.01. The molecule has 0 saturated heterocycles. The lowest BCUT2D eigenvalue weighted by Crippen LogP contribution is -2.30. The van der Waals surface area contributed by atoms with Crippen molar-refractivity contribution in [2.24, 2.45) is 0 Å². The Kier molecular flexibility index (Phi) is 7.22. The van der Waals surface area contributed by atoms with Crippen molar-refractivity contribution in [3.05, 3.63) is 84.7 Å². The Balaban J connectivity index is 1.76. The summed E-state index contributed by atoms with van der Waals surface area (Å²) in [6.45, 7) is 4.50. The highest BCUT2D eigenvalue weighted by Crippen LogP contribution is 2.31. The molecule has 2 aromatic carbocycles. The second kappa shape index (κ2) is 10.3. The first-order chi connectivity index (χ1) is 16.0. The van der Waals surface area contributed by atoms with E-state index in [0.29, 0.717) is 30.2 Å². The van der Waals surface area contributed by atoms with E-state index in [1.165, 1.54) is 4.31 Å². The number of aromatic nitrogens is 4. The van der Waals surface area contributed by atoms with Crippen molar-refractivity contribution in [3.63, 3.8) is 0 Å². The fraction of sp³-hybridized carbons (Fsp3) is 0.208. The molecule has 33 heavy (non-hydrogen) atoms. The monoisotopic (exact) mass is 479 g/mol. The second-order valence-electron chi connectivity index (χ2n) is 7.24. The van der Waals surface area contributed by atoms with Crippen molar-refractivity contribution in [1.82, 2.24) is 24.1 Å². The molecule has 7 nitrogen and oxygen atoms in total. The van der Waals surface area contributed by atoms with Gasteiger partial charge in [-0.2, -0.15) is 4.31 Å². The van der Waals surface area contributed by atoms with Gasteiger partial charge in [-0.25, -0.2) is 8.42 Å². The van der Waals surface area contributed by atoms with Crippen molar-refractivity contribution < 1.29 is 8.42 Å². The largest absolute Gasteiger partial charge is 0.270 e. The molecule has 0 N–H and O–H groups in total. The van der Waals surface area contributed by atoms with Gasteiger partial charge >= 0.3 is 0 Å². The minimum atomic E-state index is -3.58. The SMILES string of the molecule is CCN(CC)S(=O)(=O)c1cccc(-c2nnc(SCc3cccnc3)n2-c2ccccc2)c1. The third-order valence-electron chi connectivity index (χ3n) is 5.17. The first-order valence-corrected chi connectivity index (χ1v) is 13.1. The van der Waals surface area contributed by atoms with Gasteiger partial charge in [-0.1, -0.05) is 62.0 Å². The van der Waals surface area contributed by atoms with E-state index in [1.54, 1.807) is 36.2 Å². The topological polar surface area (TPSA) is 81.0 Å². The smallest absolute Gasteiger partial charge is 0.243 e. The number of hydrogen-bond donors (Lipinski definition) is 0. The van der Waals surface area contributed by atoms with Crippen molar-refractivity contribution in [1.29, 1.82) is 0 Å². The number of nitrogens with zero attached hydrogens (tertiary/aromatic N) is 5. The van der Waals surface area contributed by atoms with E-state index in [-0.39, 0.29) is 4.90 Å². The Labute approximate surface area is 198 Å². The Morgan fingerprint density at radius 2 is 1.73 bits per heavy atom. The zero-order chi connectivity index (χ0) is 23.3. The number of benzene rings is 2. The highest BCUT2D eigenvalue weighted by Gasteiger charge is 2.23. The third-order valence-corrected chi connectivity index (χ3v) is 8.22. The molecule has 9 heteroatoms. The molecular formula is C24H25N5O2S2. The van der Waals surface area contributed by atoms with Crippen LogP contribution in [0.25, 0.3) is 17.1 Å². The van der Waals surface area contributed by atoms with E-state index in [4.69, 9.17) is 0 Å². The number of sulfonamides is 1. The van der Waals surface area contributed by atoms with E-state index >= 15 is 0 Å². The molecule has 0 atom stereocenters. The summed E-state index contributed by atoms with van der Waals surface area (Å²) < 4.78 is 29.6. The molecule has 4 aromatic rings. The van der Waals surface area contributed by atoms with Gasteiger partial charge in [0, 0.05) is 42.5 Å². The summed E-state index contributed by atoms with van der Waals surface area (Å²) in [5.74, 6) is 1.28. The summed E-state index contributed by atoms with van der Waals surface area (Å²) in [4.78, 5) is 4.42. The number of hydrogen-bond acceptors (Lipinski definition) is 6. The van der Waals surface area contributed by atoms with Crippen molar-refractivity contribution >= 4 is 21.8 Å². The van der Waals surface area contributed by atoms with Crippen LogP contribution in [0.15, 0.2) is 89.2 Å². The lowest BCUT2D eigenvalue weighted by molar-refractivity contribution is 0.445. The van der Waals surface area contributed by atoms with Crippen LogP contribution in [0.5, 0.6) is 0 Å². The Morgan fingerprint density at radius 1 is 0.939 bits per heavy atom. The normalized spacial score (nSPS) is 11.7. The molecule has 0 aliphatic rings. The number of pyridine rings is 1. The quantitative estimate of drug-likeness (QED) is 0.325. The second-order valence-corrected chi connectivity index (χ2v) is 10.1. The average molecular weight is 480 g/mol. The standard InChI is InChI=1S/C24H25N5O2S2/c1-3-28(4-2)33(30,31)22-14-8-11-20(16-22)23-26-27-24(29(23)21-12-6-5-7-13-21)32-18-19-10-9-15-25-17-19/h5-17H,3-4,18H2,1-2H3. The molecule has 4 rings (SSSR count). The van der Waals surface area contributed by atoms with Gasteiger partial charge in [0.15, 0.2) is 11.0 Å². The maximum atomic E-state index is 13.1. The van der Waals surface area contributed by atoms with Crippen LogP contribution in [0.2, 0.25) is 0 Å². The van der Waals surface area contributed by atoms with Crippen LogP contribution in [-0.2, 0) is 15.8 Å². The Bertz CT molecular complexity index is 1310. The van der Waals surface area contributed by atoms with Crippen LogP contribution < -0.4 is 0 Å². The highest BCUT2D eigenvalue weighted by atomic mass is 32.2. The minimum absolute atomic E-state index is 0.246. The van der Waals surface area contributed by atoms with Crippen LogP contribution in [0, 0.1) is 0 Å². The number of thioether (sulfide) groups is 1. The predicted molar refractivity (Wildman–Crippen MR) is 131 cm³/mol. The molecule has 0 radical (unpaired) electrons. The number of para-hydroxylation sites is 1. The van der Waals surface area contributed by atoms with Crippen LogP contribution in [0.4, 0.5) is 0 Å². The number of rotatable bonds is 9. The van der Waals surface area contributed by atoms with Crippen LogP contribution in [-0.4, -0.2) is 45.6 Å². The molecule has 0 bridgehead atoms. The first kappa shape index (κ1) is 23.2. The van der Waals surface area contributed by atoms with Gasteiger partial charge in [-0.05, 0) is 35.9 Å². The van der Waals surface area contributed by atoms with Gasteiger partial charge in [0.05, 0.1) is 4.90 Å². The van der Waals surface area contributed by atoms with Crippen molar-refractivity contribution in [3.8, 4) is 17.1 Å². The van der Waals surface area contributed by atoms with Crippen LogP contribution in [0.1, 0.15) is 19.4 Å². The third kappa shape index (κ3) is 5.00. The molecule has 0 spiro atoms. The van der Waals surface area contributed by atoms with E-state index in [0.717, 1.165) is 16.4 Å². The van der Waals surface area contributed by atoms with Crippen molar-refractivity contribution in [2.75, 3.05) is 13.1 Å². The molecule has 170 valence electrons. The first-order valence-electron chi connectivity index (χ1n) is 10.7. The molecule has 0 fully saturated rings. The van der Waals surface area contributed by atoms with Gasteiger partial charge in [0.2, 0.25) is 10.0 Å². The zero-order valence-electron chi connectivity index (χ0n) is 18.5. The van der Waals surface area contributed by atoms with Crippen LogP contribution in [0.3, 0.4) is 0 Å². The predicted octanol–water partition coefficient (Wildman–Crippen LogP) is 4.65. The molecule has 0 amide bonds. The molecular weight excluding hydrogens is 454 g/mol. The summed E-state index contributed by atoms with van der Waals surface area (Å²) in [5, 5.41) is 9.61. The summed E-state index contributed by atoms with van der Waals surface area (Å²) in [5.41, 5.74) is 2.68. The summed E-state index contributed by atoms with van der Waals surface area (Å²) >= 11 is 1.56. The lowest BCUT2D eigenvalue weighted by atomic mass is 10.2. The van der Waals surface area contributed by atoms with Crippen LogP contribution >= 0.6 is 11.8 Å². The summed E-state index contributed by atoms with van der Waals surface area (Å²) in [7, 11) is -3.58. The molecule has 0 unspecified atom stereocenters. The highest BCUT2D eigenvalue weighted by molar-refractivity contribution is 7.98. The lowest BCUT2D eigenvalue weighted by Gasteiger charge is -2.19. The zero-order valence-corrected chi connectivity index (χ0v) is 20.1. The fourth-order valence-corrected chi connectivity index (χ4v) is 5.89. The van der Waals surface area contributed by atoms with Gasteiger partial charge in [0.1, 0.15) is 0 Å². The van der Waals surface area contributed by atoms with Gasteiger partial charge < -0.3 is 0 Å². The van der Waals surface area contributed by atoms with E-state index in [9.17, 15) is 8.42 Å². The van der Waals surface area contributed by atoms with Crippen molar-refractivity contribution in [2.45, 2.75) is 29.7 Å². The van der Waals surface area contributed by atoms with E-state index in [1.807, 2.05) is 73.1 Å². The molecule has 2 heterocycles. The van der Waals surface area contributed by atoms with Gasteiger partial charge in [-0.15, -0.1) is 10.2 Å². The molecule has 0 saturated carbocycles. The maximum absolute atomic E-state index is 13.1. The molecule has 0 aliphatic heterocycles. The Morgan fingerprint density at radius 3 is 2.42 bits per heavy atom. The van der Waals surface area contributed by atoms with E-state index in [2.05, 4.69) is 15.2 Å². The molecule has 0 aliphatic carbocycles. The fourth-order valence-electron chi connectivity index (χ4n) is 3.50. The van der Waals surface area contributed by atoms with Gasteiger partial charge in [-0.3, -0.25) is 9.55 Å². The minimum Gasteiger partial charge on any atom is -0.270 e. The average Bonchev–Trinajstić information content (AvgIpc) is 3.28. The maximum Gasteiger partial charge on any atom is 0.243 e.